The molecule has 0 bridgehead atoms. The van der Waals surface area contributed by atoms with Gasteiger partial charge in [-0.1, -0.05) is 11.6 Å². The Kier molecular flexibility index (Phi) is 4.84. The summed E-state index contributed by atoms with van der Waals surface area (Å²) in [4.78, 5) is 21.3. The first-order chi connectivity index (χ1) is 13.0. The van der Waals surface area contributed by atoms with Gasteiger partial charge in [-0.25, -0.2) is 14.1 Å². The van der Waals surface area contributed by atoms with E-state index in [2.05, 4.69) is 15.0 Å². The maximum Gasteiger partial charge on any atom is 0.259 e. The smallest absolute Gasteiger partial charge is 0.259 e. The molecule has 0 N–H and O–H groups in total. The van der Waals surface area contributed by atoms with Crippen molar-refractivity contribution in [2.24, 2.45) is 0 Å². The molecule has 1 fully saturated rings. The summed E-state index contributed by atoms with van der Waals surface area (Å²) in [6, 6.07) is 5.83. The molecule has 2 aromatic heterocycles. The molecule has 0 atom stereocenters. The van der Waals surface area contributed by atoms with E-state index in [1.165, 1.54) is 16.8 Å². The van der Waals surface area contributed by atoms with Gasteiger partial charge in [0.1, 0.15) is 11.0 Å². The summed E-state index contributed by atoms with van der Waals surface area (Å²) in [5.74, 6) is -0.474. The summed E-state index contributed by atoms with van der Waals surface area (Å²) in [6.45, 7) is 4.39. The Labute approximate surface area is 164 Å². The lowest BCUT2D eigenvalue weighted by Crippen LogP contribution is -2.48. The van der Waals surface area contributed by atoms with Crippen LogP contribution in [-0.2, 0) is 0 Å². The standard InChI is InChI=1S/C18H17ClFN5OS/c1-12-15(16(19)25(22-12)14-4-2-13(20)3-5-14)17(26)23-7-9-24(10-8-23)18-21-6-11-27-18/h2-6,11H,7-10H2,1H3. The van der Waals surface area contributed by atoms with Gasteiger partial charge in [-0.3, -0.25) is 4.79 Å². The maximum atomic E-state index is 13.2. The highest BCUT2D eigenvalue weighted by Gasteiger charge is 2.28. The van der Waals surface area contributed by atoms with Gasteiger partial charge in [-0.05, 0) is 31.2 Å². The zero-order chi connectivity index (χ0) is 19.0. The quantitative estimate of drug-likeness (QED) is 0.670. The van der Waals surface area contributed by atoms with Gasteiger partial charge in [0.05, 0.1) is 16.9 Å². The summed E-state index contributed by atoms with van der Waals surface area (Å²) in [6.07, 6.45) is 1.78. The molecule has 140 valence electrons. The minimum Gasteiger partial charge on any atom is -0.345 e. The number of nitrogens with zero attached hydrogens (tertiary/aromatic N) is 5. The lowest BCUT2D eigenvalue weighted by atomic mass is 10.2. The Morgan fingerprint density at radius 1 is 1.19 bits per heavy atom. The fourth-order valence-corrected chi connectivity index (χ4v) is 4.18. The molecule has 1 aromatic carbocycles. The van der Waals surface area contributed by atoms with E-state index in [0.29, 0.717) is 30.0 Å². The van der Waals surface area contributed by atoms with Crippen LogP contribution in [0.1, 0.15) is 16.1 Å². The SMILES string of the molecule is Cc1nn(-c2ccc(F)cc2)c(Cl)c1C(=O)N1CCN(c2nccs2)CC1. The highest BCUT2D eigenvalue weighted by atomic mass is 35.5. The molecule has 1 saturated heterocycles. The van der Waals surface area contributed by atoms with Crippen molar-refractivity contribution in [2.45, 2.75) is 6.92 Å². The van der Waals surface area contributed by atoms with E-state index in [1.807, 2.05) is 5.38 Å². The third kappa shape index (κ3) is 3.42. The van der Waals surface area contributed by atoms with E-state index in [-0.39, 0.29) is 16.9 Å². The lowest BCUT2D eigenvalue weighted by Gasteiger charge is -2.34. The molecule has 1 amide bonds. The predicted octanol–water partition coefficient (Wildman–Crippen LogP) is 3.39. The monoisotopic (exact) mass is 405 g/mol. The van der Waals surface area contributed by atoms with Crippen LogP contribution in [-0.4, -0.2) is 51.8 Å². The van der Waals surface area contributed by atoms with Gasteiger partial charge in [0, 0.05) is 37.8 Å². The number of carbonyl (C=O) groups excluding carboxylic acids is 1. The van der Waals surface area contributed by atoms with Crippen LogP contribution in [0.5, 0.6) is 0 Å². The molecule has 3 heterocycles. The number of rotatable bonds is 3. The summed E-state index contributed by atoms with van der Waals surface area (Å²) in [7, 11) is 0. The average molecular weight is 406 g/mol. The van der Waals surface area contributed by atoms with Crippen LogP contribution in [0.3, 0.4) is 0 Å². The Morgan fingerprint density at radius 2 is 1.89 bits per heavy atom. The molecule has 1 aliphatic rings. The molecule has 9 heteroatoms. The summed E-state index contributed by atoms with van der Waals surface area (Å²) >= 11 is 8.06. The fourth-order valence-electron chi connectivity index (χ4n) is 3.13. The van der Waals surface area contributed by atoms with E-state index < -0.39 is 0 Å². The molecule has 1 aliphatic heterocycles. The zero-order valence-corrected chi connectivity index (χ0v) is 16.2. The second kappa shape index (κ2) is 7.28. The third-order valence-electron chi connectivity index (χ3n) is 4.55. The Hall–Kier alpha value is -2.45. The summed E-state index contributed by atoms with van der Waals surface area (Å²) in [5.41, 5.74) is 1.55. The van der Waals surface area contributed by atoms with Gasteiger partial charge in [-0.15, -0.1) is 11.3 Å². The van der Waals surface area contributed by atoms with Crippen LogP contribution in [0.4, 0.5) is 9.52 Å². The summed E-state index contributed by atoms with van der Waals surface area (Å²) in [5, 5.41) is 7.54. The first-order valence-corrected chi connectivity index (χ1v) is 9.75. The van der Waals surface area contributed by atoms with Crippen LogP contribution in [0.25, 0.3) is 5.69 Å². The zero-order valence-electron chi connectivity index (χ0n) is 14.6. The fraction of sp³-hybridized carbons (Fsp3) is 0.278. The Balaban J connectivity index is 1.53. The van der Waals surface area contributed by atoms with Crippen LogP contribution >= 0.6 is 22.9 Å². The molecule has 0 saturated carbocycles. The number of carbonyl (C=O) groups is 1. The van der Waals surface area contributed by atoms with Gasteiger partial charge >= 0.3 is 0 Å². The molecule has 6 nitrogen and oxygen atoms in total. The molecule has 0 spiro atoms. The number of piperazine rings is 1. The number of hydrogen-bond donors (Lipinski definition) is 0. The van der Waals surface area contributed by atoms with Crippen molar-refractivity contribution in [1.82, 2.24) is 19.7 Å². The lowest BCUT2D eigenvalue weighted by molar-refractivity contribution is 0.0746. The molecule has 27 heavy (non-hydrogen) atoms. The topological polar surface area (TPSA) is 54.3 Å². The molecular formula is C18H17ClFN5OS. The van der Waals surface area contributed by atoms with Crippen molar-refractivity contribution in [3.63, 3.8) is 0 Å². The predicted molar refractivity (Wildman–Crippen MR) is 103 cm³/mol. The number of benzene rings is 1. The Bertz CT molecular complexity index is 949. The number of hydrogen-bond acceptors (Lipinski definition) is 5. The van der Waals surface area contributed by atoms with Crippen LogP contribution in [0.15, 0.2) is 35.8 Å². The van der Waals surface area contributed by atoms with Gasteiger partial charge in [-0.2, -0.15) is 5.10 Å². The molecule has 3 aromatic rings. The third-order valence-corrected chi connectivity index (χ3v) is 5.73. The number of amides is 1. The van der Waals surface area contributed by atoms with Gasteiger partial charge in [0.2, 0.25) is 0 Å². The van der Waals surface area contributed by atoms with Crippen molar-refractivity contribution < 1.29 is 9.18 Å². The van der Waals surface area contributed by atoms with E-state index in [9.17, 15) is 9.18 Å². The first kappa shape index (κ1) is 17.9. The Morgan fingerprint density at radius 3 is 2.52 bits per heavy atom. The van der Waals surface area contributed by atoms with Gasteiger partial charge in [0.15, 0.2) is 5.13 Å². The number of halogens is 2. The number of aryl methyl sites for hydroxylation is 1. The molecule has 0 aliphatic carbocycles. The number of anilines is 1. The highest BCUT2D eigenvalue weighted by Crippen LogP contribution is 2.26. The van der Waals surface area contributed by atoms with Crippen LogP contribution in [0, 0.1) is 12.7 Å². The summed E-state index contributed by atoms with van der Waals surface area (Å²) < 4.78 is 14.6. The minimum atomic E-state index is -0.340. The van der Waals surface area contributed by atoms with E-state index in [1.54, 1.807) is 41.5 Å². The molecular weight excluding hydrogens is 389 g/mol. The highest BCUT2D eigenvalue weighted by molar-refractivity contribution is 7.13. The average Bonchev–Trinajstić information content (AvgIpc) is 3.31. The van der Waals surface area contributed by atoms with E-state index in [0.717, 1.165) is 18.2 Å². The van der Waals surface area contributed by atoms with Crippen molar-refractivity contribution in [3.05, 3.63) is 58.1 Å². The second-order valence-corrected chi connectivity index (χ2v) is 7.46. The van der Waals surface area contributed by atoms with Gasteiger partial charge in [0.25, 0.3) is 5.91 Å². The minimum absolute atomic E-state index is 0.135. The van der Waals surface area contributed by atoms with Crippen molar-refractivity contribution in [3.8, 4) is 5.69 Å². The van der Waals surface area contributed by atoms with Crippen LogP contribution in [0.2, 0.25) is 5.15 Å². The first-order valence-electron chi connectivity index (χ1n) is 8.49. The maximum absolute atomic E-state index is 13.2. The van der Waals surface area contributed by atoms with E-state index in [4.69, 9.17) is 11.6 Å². The molecule has 4 rings (SSSR count). The van der Waals surface area contributed by atoms with Crippen LogP contribution < -0.4 is 4.90 Å². The van der Waals surface area contributed by atoms with Crippen molar-refractivity contribution in [1.29, 1.82) is 0 Å². The normalized spacial score (nSPS) is 14.6. The molecule has 0 radical (unpaired) electrons. The largest absolute Gasteiger partial charge is 0.345 e. The second-order valence-electron chi connectivity index (χ2n) is 6.23. The van der Waals surface area contributed by atoms with Gasteiger partial charge < -0.3 is 9.80 Å². The number of thiazole rings is 1. The molecule has 0 unspecified atom stereocenters. The van der Waals surface area contributed by atoms with Crippen molar-refractivity contribution in [2.75, 3.05) is 31.1 Å². The van der Waals surface area contributed by atoms with Crippen molar-refractivity contribution >= 4 is 34.0 Å². The number of aromatic nitrogens is 3. The van der Waals surface area contributed by atoms with E-state index >= 15 is 0 Å².